The van der Waals surface area contributed by atoms with Crippen LogP contribution in [0.5, 0.6) is 0 Å². The van der Waals surface area contributed by atoms with E-state index in [1.165, 1.54) is 0 Å². The SMILES string of the molecule is CC1CC(C(=O)N(C)Cc2ncc[nH]2)(/C(N)=N/O)C1. The van der Waals surface area contributed by atoms with E-state index in [0.717, 1.165) is 0 Å². The van der Waals surface area contributed by atoms with Gasteiger partial charge in [-0.15, -0.1) is 0 Å². The lowest BCUT2D eigenvalue weighted by Gasteiger charge is -2.45. The summed E-state index contributed by atoms with van der Waals surface area (Å²) < 4.78 is 0. The predicted octanol–water partition coefficient (Wildman–Crippen LogP) is 0.531. The second kappa shape index (κ2) is 4.91. The van der Waals surface area contributed by atoms with E-state index < -0.39 is 5.41 Å². The number of carbonyl (C=O) groups is 1. The van der Waals surface area contributed by atoms with Gasteiger partial charge in [0.25, 0.3) is 0 Å². The van der Waals surface area contributed by atoms with Crippen LogP contribution in [0, 0.1) is 11.3 Å². The fourth-order valence-electron chi connectivity index (χ4n) is 2.77. The maximum absolute atomic E-state index is 12.5. The molecule has 1 amide bonds. The van der Waals surface area contributed by atoms with Gasteiger partial charge in [0.05, 0.1) is 6.54 Å². The number of amides is 1. The lowest BCUT2D eigenvalue weighted by Crippen LogP contribution is -2.56. The number of hydrogen-bond acceptors (Lipinski definition) is 4. The molecule has 0 bridgehead atoms. The summed E-state index contributed by atoms with van der Waals surface area (Å²) in [6.07, 6.45) is 4.57. The Labute approximate surface area is 111 Å². The third-order valence-corrected chi connectivity index (χ3v) is 3.69. The number of nitrogens with one attached hydrogen (secondary N) is 1. The molecule has 1 aromatic rings. The number of rotatable bonds is 4. The summed E-state index contributed by atoms with van der Waals surface area (Å²) in [5, 5.41) is 11.9. The van der Waals surface area contributed by atoms with Crippen molar-refractivity contribution < 1.29 is 10.0 Å². The van der Waals surface area contributed by atoms with Crippen LogP contribution in [0.3, 0.4) is 0 Å². The zero-order valence-corrected chi connectivity index (χ0v) is 11.1. The number of aromatic amines is 1. The molecule has 104 valence electrons. The molecule has 4 N–H and O–H groups in total. The van der Waals surface area contributed by atoms with Crippen LogP contribution in [-0.2, 0) is 11.3 Å². The maximum atomic E-state index is 12.5. The monoisotopic (exact) mass is 265 g/mol. The van der Waals surface area contributed by atoms with E-state index in [2.05, 4.69) is 15.1 Å². The van der Waals surface area contributed by atoms with Crippen molar-refractivity contribution in [1.29, 1.82) is 0 Å². The third-order valence-electron chi connectivity index (χ3n) is 3.69. The van der Waals surface area contributed by atoms with Crippen molar-refractivity contribution in [2.75, 3.05) is 7.05 Å². The van der Waals surface area contributed by atoms with E-state index in [9.17, 15) is 4.79 Å². The minimum absolute atomic E-state index is 0.00175. The molecule has 0 saturated heterocycles. The Balaban J connectivity index is 2.12. The van der Waals surface area contributed by atoms with Gasteiger partial charge in [-0.3, -0.25) is 4.79 Å². The van der Waals surface area contributed by atoms with Gasteiger partial charge in [0, 0.05) is 19.4 Å². The normalized spacial score (nSPS) is 26.8. The summed E-state index contributed by atoms with van der Waals surface area (Å²) in [5.41, 5.74) is 4.86. The molecule has 7 heteroatoms. The fourth-order valence-corrected chi connectivity index (χ4v) is 2.77. The van der Waals surface area contributed by atoms with Gasteiger partial charge < -0.3 is 20.8 Å². The van der Waals surface area contributed by atoms with E-state index in [1.54, 1.807) is 24.3 Å². The number of carbonyl (C=O) groups excluding carboxylic acids is 1. The van der Waals surface area contributed by atoms with E-state index in [1.807, 2.05) is 6.92 Å². The largest absolute Gasteiger partial charge is 0.409 e. The standard InChI is InChI=1S/C12H19N5O2/c1-8-5-12(6-8,10(13)16-19)11(18)17(2)7-9-14-3-4-15-9/h3-4,8,19H,5-7H2,1-2H3,(H2,13,16)(H,14,15). The van der Waals surface area contributed by atoms with Crippen molar-refractivity contribution in [1.82, 2.24) is 14.9 Å². The summed E-state index contributed by atoms with van der Waals surface area (Å²) in [6.45, 7) is 2.42. The van der Waals surface area contributed by atoms with Crippen LogP contribution in [0.2, 0.25) is 0 Å². The number of hydrogen-bond donors (Lipinski definition) is 3. The van der Waals surface area contributed by atoms with Crippen molar-refractivity contribution >= 4 is 11.7 Å². The molecule has 1 aliphatic carbocycles. The first-order chi connectivity index (χ1) is 8.99. The number of imidazole rings is 1. The van der Waals surface area contributed by atoms with E-state index >= 15 is 0 Å². The number of H-pyrrole nitrogens is 1. The minimum Gasteiger partial charge on any atom is -0.409 e. The van der Waals surface area contributed by atoms with Gasteiger partial charge >= 0.3 is 0 Å². The molecule has 1 aliphatic rings. The van der Waals surface area contributed by atoms with Crippen LogP contribution in [-0.4, -0.2) is 38.9 Å². The summed E-state index contributed by atoms with van der Waals surface area (Å²) in [7, 11) is 1.69. The highest BCUT2D eigenvalue weighted by Crippen LogP contribution is 2.47. The van der Waals surface area contributed by atoms with Crippen LogP contribution >= 0.6 is 0 Å². The van der Waals surface area contributed by atoms with Crippen LogP contribution in [0.25, 0.3) is 0 Å². The lowest BCUT2D eigenvalue weighted by atomic mass is 9.61. The second-order valence-corrected chi connectivity index (χ2v) is 5.28. The Morgan fingerprint density at radius 2 is 2.42 bits per heavy atom. The van der Waals surface area contributed by atoms with Gasteiger partial charge in [-0.2, -0.15) is 0 Å². The number of nitrogens with zero attached hydrogens (tertiary/aromatic N) is 3. The average Bonchev–Trinajstić information content (AvgIpc) is 2.85. The number of amidine groups is 1. The zero-order chi connectivity index (χ0) is 14.0. The van der Waals surface area contributed by atoms with Crippen molar-refractivity contribution in [2.45, 2.75) is 26.3 Å². The van der Waals surface area contributed by atoms with Crippen molar-refractivity contribution in [3.8, 4) is 0 Å². The molecule has 0 unspecified atom stereocenters. The topological polar surface area (TPSA) is 108 Å². The third kappa shape index (κ3) is 2.27. The molecule has 1 heterocycles. The Morgan fingerprint density at radius 1 is 1.74 bits per heavy atom. The molecule has 0 radical (unpaired) electrons. The zero-order valence-electron chi connectivity index (χ0n) is 11.1. The highest BCUT2D eigenvalue weighted by Gasteiger charge is 2.53. The first kappa shape index (κ1) is 13.4. The van der Waals surface area contributed by atoms with Gasteiger partial charge in [0.1, 0.15) is 11.2 Å². The van der Waals surface area contributed by atoms with Gasteiger partial charge in [0.2, 0.25) is 5.91 Å². The number of nitrogens with two attached hydrogens (primary N) is 1. The van der Waals surface area contributed by atoms with Gasteiger partial charge in [-0.25, -0.2) is 4.98 Å². The van der Waals surface area contributed by atoms with Gasteiger partial charge in [-0.1, -0.05) is 12.1 Å². The van der Waals surface area contributed by atoms with Crippen LogP contribution in [0.15, 0.2) is 17.5 Å². The van der Waals surface area contributed by atoms with E-state index in [4.69, 9.17) is 10.9 Å². The highest BCUT2D eigenvalue weighted by atomic mass is 16.4. The van der Waals surface area contributed by atoms with E-state index in [-0.39, 0.29) is 11.7 Å². The second-order valence-electron chi connectivity index (χ2n) is 5.28. The molecule has 0 spiro atoms. The summed E-state index contributed by atoms with van der Waals surface area (Å²) in [4.78, 5) is 21.1. The minimum atomic E-state index is -0.852. The fraction of sp³-hybridized carbons (Fsp3) is 0.583. The van der Waals surface area contributed by atoms with Crippen molar-refractivity contribution in [3.63, 3.8) is 0 Å². The quantitative estimate of drug-likeness (QED) is 0.319. The molecular weight excluding hydrogens is 246 g/mol. The Bertz CT molecular complexity index is 476. The van der Waals surface area contributed by atoms with Gasteiger partial charge in [0.15, 0.2) is 5.84 Å². The van der Waals surface area contributed by atoms with Crippen LogP contribution in [0.4, 0.5) is 0 Å². The summed E-state index contributed by atoms with van der Waals surface area (Å²) in [6, 6.07) is 0. The maximum Gasteiger partial charge on any atom is 0.236 e. The molecule has 1 aromatic heterocycles. The molecule has 2 rings (SSSR count). The van der Waals surface area contributed by atoms with Gasteiger partial charge in [-0.05, 0) is 18.8 Å². The molecule has 7 nitrogen and oxygen atoms in total. The van der Waals surface area contributed by atoms with Crippen LogP contribution < -0.4 is 5.73 Å². The average molecular weight is 265 g/mol. The smallest absolute Gasteiger partial charge is 0.236 e. The highest BCUT2D eigenvalue weighted by molar-refractivity contribution is 6.07. The van der Waals surface area contributed by atoms with Crippen molar-refractivity contribution in [3.05, 3.63) is 18.2 Å². The Kier molecular flexibility index (Phi) is 3.46. The van der Waals surface area contributed by atoms with E-state index in [0.29, 0.717) is 31.1 Å². The number of aromatic nitrogens is 2. The molecule has 0 atom stereocenters. The number of oxime groups is 1. The van der Waals surface area contributed by atoms with Crippen LogP contribution in [0.1, 0.15) is 25.6 Å². The summed E-state index contributed by atoms with van der Waals surface area (Å²) in [5.74, 6) is 0.985. The predicted molar refractivity (Wildman–Crippen MR) is 69.3 cm³/mol. The molecular formula is C12H19N5O2. The van der Waals surface area contributed by atoms with Crippen molar-refractivity contribution in [2.24, 2.45) is 22.2 Å². The molecule has 1 fully saturated rings. The molecule has 19 heavy (non-hydrogen) atoms. The molecule has 0 aromatic carbocycles. The molecule has 0 aliphatic heterocycles. The summed E-state index contributed by atoms with van der Waals surface area (Å²) >= 11 is 0. The first-order valence-corrected chi connectivity index (χ1v) is 6.21. The first-order valence-electron chi connectivity index (χ1n) is 6.21. The molecule has 1 saturated carbocycles. The Morgan fingerprint density at radius 3 is 2.89 bits per heavy atom. The lowest BCUT2D eigenvalue weighted by molar-refractivity contribution is -0.143. The Hall–Kier alpha value is -2.05.